The molecule has 1 aromatic carbocycles. The highest BCUT2D eigenvalue weighted by molar-refractivity contribution is 7.90. The smallest absolute Gasteiger partial charge is 0.294 e. The molecule has 2 atom stereocenters. The van der Waals surface area contributed by atoms with Crippen LogP contribution in [-0.2, 0) is 15.7 Å². The molecule has 0 aliphatic heterocycles. The largest absolute Gasteiger partial charge is 0.386 e. The lowest BCUT2D eigenvalue weighted by Gasteiger charge is -2.36. The first-order chi connectivity index (χ1) is 11.2. The number of hydrogen-bond acceptors (Lipinski definition) is 5. The summed E-state index contributed by atoms with van der Waals surface area (Å²) in [6.45, 7) is 3.91. The standard InChI is InChI=1S/C16H19N3O4S/c1-11(2)9-16(10-12(24(21,22)23)7-8-15(16)20)19-17-13-5-3-4-6-14(13)18-19/h3-8,10-11,15,20H,9H2,1-2H3,(H,21,22,23). The summed E-state index contributed by atoms with van der Waals surface area (Å²) in [6.07, 6.45) is 3.26. The van der Waals surface area contributed by atoms with Gasteiger partial charge in [0.2, 0.25) is 0 Å². The normalized spacial score (nSPS) is 24.5. The van der Waals surface area contributed by atoms with Crippen molar-refractivity contribution < 1.29 is 18.1 Å². The first kappa shape index (κ1) is 16.8. The first-order valence-corrected chi connectivity index (χ1v) is 9.05. The third-order valence-corrected chi connectivity index (χ3v) is 4.89. The Hall–Kier alpha value is -2.03. The van der Waals surface area contributed by atoms with Crippen LogP contribution in [0.2, 0.25) is 0 Å². The van der Waals surface area contributed by atoms with E-state index in [-0.39, 0.29) is 10.8 Å². The lowest BCUT2D eigenvalue weighted by Crippen LogP contribution is -2.47. The number of aromatic nitrogens is 3. The van der Waals surface area contributed by atoms with Crippen LogP contribution >= 0.6 is 0 Å². The monoisotopic (exact) mass is 349 g/mol. The molecule has 0 saturated heterocycles. The highest BCUT2D eigenvalue weighted by atomic mass is 32.2. The van der Waals surface area contributed by atoms with Gasteiger partial charge in [0.25, 0.3) is 10.1 Å². The highest BCUT2D eigenvalue weighted by Gasteiger charge is 2.43. The molecule has 7 nitrogen and oxygen atoms in total. The minimum atomic E-state index is -4.40. The highest BCUT2D eigenvalue weighted by Crippen LogP contribution is 2.36. The Morgan fingerprint density at radius 1 is 1.25 bits per heavy atom. The van der Waals surface area contributed by atoms with E-state index in [4.69, 9.17) is 0 Å². The number of allylic oxidation sites excluding steroid dienone is 1. The SMILES string of the molecule is CC(C)CC1(n2nc3ccccc3n2)C=C(S(=O)(=O)O)C=CC1O. The fourth-order valence-corrected chi connectivity index (χ4v) is 3.63. The van der Waals surface area contributed by atoms with Gasteiger partial charge in [0.1, 0.15) is 22.7 Å². The first-order valence-electron chi connectivity index (χ1n) is 7.61. The summed E-state index contributed by atoms with van der Waals surface area (Å²) in [7, 11) is -4.40. The molecule has 0 radical (unpaired) electrons. The molecule has 1 heterocycles. The van der Waals surface area contributed by atoms with Crippen LogP contribution < -0.4 is 0 Å². The van der Waals surface area contributed by atoms with E-state index in [0.717, 1.165) is 0 Å². The molecule has 24 heavy (non-hydrogen) atoms. The fourth-order valence-electron chi connectivity index (χ4n) is 3.03. The zero-order chi connectivity index (χ0) is 17.5. The van der Waals surface area contributed by atoms with Crippen LogP contribution in [0.1, 0.15) is 20.3 Å². The number of benzene rings is 1. The van der Waals surface area contributed by atoms with Gasteiger partial charge in [-0.1, -0.05) is 32.1 Å². The second-order valence-corrected chi connectivity index (χ2v) is 7.81. The summed E-state index contributed by atoms with van der Waals surface area (Å²) < 4.78 is 32.6. The Morgan fingerprint density at radius 3 is 2.33 bits per heavy atom. The molecule has 0 bridgehead atoms. The average molecular weight is 349 g/mol. The lowest BCUT2D eigenvalue weighted by molar-refractivity contribution is 0.0663. The van der Waals surface area contributed by atoms with Crippen LogP contribution in [0.15, 0.2) is 47.4 Å². The van der Waals surface area contributed by atoms with Crippen molar-refractivity contribution in [3.63, 3.8) is 0 Å². The molecule has 0 saturated carbocycles. The van der Waals surface area contributed by atoms with Crippen molar-refractivity contribution in [2.24, 2.45) is 5.92 Å². The summed E-state index contributed by atoms with van der Waals surface area (Å²) >= 11 is 0. The van der Waals surface area contributed by atoms with Gasteiger partial charge in [-0.25, -0.2) is 0 Å². The Balaban J connectivity index is 2.24. The number of hydrogen-bond donors (Lipinski definition) is 2. The van der Waals surface area contributed by atoms with Gasteiger partial charge in [0.05, 0.1) is 4.91 Å². The molecule has 128 valence electrons. The number of aliphatic hydroxyl groups excluding tert-OH is 1. The molecular formula is C16H19N3O4S. The molecule has 1 aliphatic rings. The van der Waals surface area contributed by atoms with Crippen molar-refractivity contribution in [3.05, 3.63) is 47.4 Å². The van der Waals surface area contributed by atoms with E-state index in [2.05, 4.69) is 10.2 Å². The van der Waals surface area contributed by atoms with Crippen molar-refractivity contribution in [3.8, 4) is 0 Å². The van der Waals surface area contributed by atoms with E-state index in [1.54, 1.807) is 12.1 Å². The molecule has 8 heteroatoms. The van der Waals surface area contributed by atoms with Crippen LogP contribution in [0.3, 0.4) is 0 Å². The summed E-state index contributed by atoms with van der Waals surface area (Å²) in [4.78, 5) is 1.09. The van der Waals surface area contributed by atoms with Crippen LogP contribution in [-0.4, -0.2) is 39.2 Å². The maximum absolute atomic E-state index is 11.6. The molecule has 0 amide bonds. The number of nitrogens with zero attached hydrogens (tertiary/aromatic N) is 3. The van der Waals surface area contributed by atoms with Gasteiger partial charge in [-0.15, -0.1) is 0 Å². The molecule has 2 N–H and O–H groups in total. The number of aliphatic hydroxyl groups is 1. The number of fused-ring (bicyclic) bond motifs is 1. The van der Waals surface area contributed by atoms with Gasteiger partial charge in [0.15, 0.2) is 0 Å². The zero-order valence-corrected chi connectivity index (χ0v) is 14.2. The lowest BCUT2D eigenvalue weighted by atomic mass is 9.81. The Labute approximate surface area is 140 Å². The van der Waals surface area contributed by atoms with Gasteiger partial charge in [-0.05, 0) is 36.6 Å². The Bertz CT molecular complexity index is 897. The molecule has 0 fully saturated rings. The van der Waals surface area contributed by atoms with Crippen LogP contribution in [0.4, 0.5) is 0 Å². The van der Waals surface area contributed by atoms with Crippen molar-refractivity contribution in [1.29, 1.82) is 0 Å². The zero-order valence-electron chi connectivity index (χ0n) is 13.4. The summed E-state index contributed by atoms with van der Waals surface area (Å²) in [5.74, 6) is 0.124. The maximum Gasteiger partial charge on any atom is 0.294 e. The summed E-state index contributed by atoms with van der Waals surface area (Å²) in [6, 6.07) is 7.24. The third-order valence-electron chi connectivity index (χ3n) is 4.04. The molecule has 3 rings (SSSR count). The van der Waals surface area contributed by atoms with Gasteiger partial charge in [-0.2, -0.15) is 23.4 Å². The van der Waals surface area contributed by atoms with Gasteiger partial charge in [-0.3, -0.25) is 4.55 Å². The predicted molar refractivity (Wildman–Crippen MR) is 89.7 cm³/mol. The predicted octanol–water partition coefficient (Wildman–Crippen LogP) is 1.88. The second kappa shape index (κ2) is 5.80. The second-order valence-electron chi connectivity index (χ2n) is 6.39. The maximum atomic E-state index is 11.6. The topological polar surface area (TPSA) is 105 Å². The summed E-state index contributed by atoms with van der Waals surface area (Å²) in [5.41, 5.74) is 0.0981. The van der Waals surface area contributed by atoms with E-state index in [1.807, 2.05) is 26.0 Å². The molecule has 2 unspecified atom stereocenters. The molecular weight excluding hydrogens is 330 g/mol. The van der Waals surface area contributed by atoms with Crippen molar-refractivity contribution in [2.75, 3.05) is 0 Å². The number of rotatable bonds is 4. The molecule has 2 aromatic rings. The van der Waals surface area contributed by atoms with E-state index < -0.39 is 21.8 Å². The third kappa shape index (κ3) is 2.88. The van der Waals surface area contributed by atoms with Gasteiger partial charge in [0, 0.05) is 0 Å². The van der Waals surface area contributed by atoms with E-state index in [0.29, 0.717) is 17.5 Å². The van der Waals surface area contributed by atoms with Crippen molar-refractivity contribution in [1.82, 2.24) is 15.0 Å². The van der Waals surface area contributed by atoms with Crippen LogP contribution in [0, 0.1) is 5.92 Å². The molecule has 1 aromatic heterocycles. The van der Waals surface area contributed by atoms with Crippen molar-refractivity contribution >= 4 is 21.2 Å². The molecule has 1 aliphatic carbocycles. The van der Waals surface area contributed by atoms with Gasteiger partial charge < -0.3 is 5.11 Å². The minimum Gasteiger partial charge on any atom is -0.386 e. The van der Waals surface area contributed by atoms with Crippen LogP contribution in [0.5, 0.6) is 0 Å². The van der Waals surface area contributed by atoms with Crippen LogP contribution in [0.25, 0.3) is 11.0 Å². The van der Waals surface area contributed by atoms with Crippen molar-refractivity contribution in [2.45, 2.75) is 31.9 Å². The van der Waals surface area contributed by atoms with E-state index in [1.165, 1.54) is 23.0 Å². The fraction of sp³-hybridized carbons (Fsp3) is 0.375. The van der Waals surface area contributed by atoms with E-state index in [9.17, 15) is 18.1 Å². The molecule has 0 spiro atoms. The van der Waals surface area contributed by atoms with Gasteiger partial charge >= 0.3 is 0 Å². The quantitative estimate of drug-likeness (QED) is 0.817. The Morgan fingerprint density at radius 2 is 1.83 bits per heavy atom. The average Bonchev–Trinajstić information content (AvgIpc) is 2.92. The van der Waals surface area contributed by atoms with E-state index >= 15 is 0 Å². The minimum absolute atomic E-state index is 0.124. The summed E-state index contributed by atoms with van der Waals surface area (Å²) in [5, 5.41) is 19.5. The Kier molecular flexibility index (Phi) is 4.06.